The summed E-state index contributed by atoms with van der Waals surface area (Å²) >= 11 is 0. The Hall–Kier alpha value is -2.04. The van der Waals surface area contributed by atoms with E-state index < -0.39 is 0 Å². The molecule has 1 aromatic rings. The van der Waals surface area contributed by atoms with Gasteiger partial charge in [-0.1, -0.05) is 38.1 Å². The quantitative estimate of drug-likeness (QED) is 0.877. The number of hydrogen-bond acceptors (Lipinski definition) is 3. The summed E-state index contributed by atoms with van der Waals surface area (Å²) in [6.07, 6.45) is 4.32. The van der Waals surface area contributed by atoms with Gasteiger partial charge in [0.25, 0.3) is 0 Å². The van der Waals surface area contributed by atoms with Crippen LogP contribution in [-0.4, -0.2) is 42.1 Å². The Kier molecular flexibility index (Phi) is 4.87. The molecule has 1 atom stereocenters. The number of carbonyl (C=O) groups is 2. The van der Waals surface area contributed by atoms with E-state index >= 15 is 0 Å². The van der Waals surface area contributed by atoms with Crippen molar-refractivity contribution in [1.82, 2.24) is 10.2 Å². The number of nitrogens with one attached hydrogen (secondary N) is 1. The van der Waals surface area contributed by atoms with Crippen LogP contribution in [0.5, 0.6) is 0 Å². The van der Waals surface area contributed by atoms with Crippen molar-refractivity contribution in [1.29, 1.82) is 0 Å². The average Bonchev–Trinajstić information content (AvgIpc) is 3.08. The number of alkyl carbamates (subject to hydrolysis) is 1. The molecule has 1 spiro atoms. The van der Waals surface area contributed by atoms with Crippen LogP contribution < -0.4 is 5.32 Å². The number of rotatable bonds is 4. The Morgan fingerprint density at radius 2 is 1.93 bits per heavy atom. The number of piperidine rings is 1. The van der Waals surface area contributed by atoms with E-state index in [1.807, 2.05) is 4.90 Å². The minimum Gasteiger partial charge on any atom is -0.447 e. The molecule has 1 aliphatic carbocycles. The van der Waals surface area contributed by atoms with Gasteiger partial charge in [0.2, 0.25) is 5.91 Å². The van der Waals surface area contributed by atoms with Crippen LogP contribution in [0.4, 0.5) is 4.79 Å². The van der Waals surface area contributed by atoms with E-state index in [0.717, 1.165) is 32.4 Å². The molecule has 1 aromatic carbocycles. The van der Waals surface area contributed by atoms with Gasteiger partial charge in [-0.2, -0.15) is 0 Å². The third kappa shape index (κ3) is 3.56. The highest BCUT2D eigenvalue weighted by atomic mass is 16.6. The molecule has 0 bridgehead atoms. The van der Waals surface area contributed by atoms with Gasteiger partial charge >= 0.3 is 6.09 Å². The first-order valence-corrected chi connectivity index (χ1v) is 10.3. The predicted octanol–water partition coefficient (Wildman–Crippen LogP) is 3.79. The molecular formula is C22H30N2O3. The smallest absolute Gasteiger partial charge is 0.407 e. The zero-order valence-corrected chi connectivity index (χ0v) is 16.4. The maximum atomic E-state index is 12.8. The van der Waals surface area contributed by atoms with Gasteiger partial charge in [-0.25, -0.2) is 4.79 Å². The van der Waals surface area contributed by atoms with Crippen LogP contribution in [0.15, 0.2) is 24.3 Å². The summed E-state index contributed by atoms with van der Waals surface area (Å²) in [6, 6.07) is 9.10. The molecule has 1 unspecified atom stereocenters. The first kappa shape index (κ1) is 18.3. The van der Waals surface area contributed by atoms with Gasteiger partial charge in [0.05, 0.1) is 5.54 Å². The Bertz CT molecular complexity index is 701. The topological polar surface area (TPSA) is 58.6 Å². The van der Waals surface area contributed by atoms with Crippen molar-refractivity contribution in [3.63, 3.8) is 0 Å². The molecular weight excluding hydrogens is 340 g/mol. The largest absolute Gasteiger partial charge is 0.447 e. The summed E-state index contributed by atoms with van der Waals surface area (Å²) < 4.78 is 5.00. The zero-order chi connectivity index (χ0) is 19.0. The van der Waals surface area contributed by atoms with Crippen molar-refractivity contribution in [2.24, 2.45) is 5.92 Å². The maximum absolute atomic E-state index is 12.8. The Labute approximate surface area is 161 Å². The Balaban J connectivity index is 1.28. The van der Waals surface area contributed by atoms with Gasteiger partial charge in [0.15, 0.2) is 0 Å². The predicted molar refractivity (Wildman–Crippen MR) is 104 cm³/mol. The summed E-state index contributed by atoms with van der Waals surface area (Å²) in [5.74, 6) is 1.46. The Morgan fingerprint density at radius 1 is 1.26 bits per heavy atom. The summed E-state index contributed by atoms with van der Waals surface area (Å²) in [5.41, 5.74) is 2.55. The zero-order valence-electron chi connectivity index (χ0n) is 16.4. The van der Waals surface area contributed by atoms with Gasteiger partial charge < -0.3 is 15.0 Å². The minimum absolute atomic E-state index is 0.0402. The molecule has 5 nitrogen and oxygen atoms in total. The number of ether oxygens (including phenoxy) is 1. The van der Waals surface area contributed by atoms with E-state index in [1.165, 1.54) is 11.1 Å². The molecule has 2 saturated heterocycles. The molecule has 1 N–H and O–H groups in total. The average molecular weight is 370 g/mol. The van der Waals surface area contributed by atoms with Gasteiger partial charge in [-0.05, 0) is 55.1 Å². The molecule has 0 aromatic heterocycles. The highest BCUT2D eigenvalue weighted by Gasteiger charge is 2.53. The Morgan fingerprint density at radius 3 is 2.48 bits per heavy atom. The van der Waals surface area contributed by atoms with Crippen LogP contribution >= 0.6 is 0 Å². The molecule has 1 saturated carbocycles. The highest BCUT2D eigenvalue weighted by Crippen LogP contribution is 2.42. The second-order valence-electron chi connectivity index (χ2n) is 8.66. The standard InChI is InChI=1S/C22H30N2O3/c1-3-15(2)16-4-6-17(7-5-16)18-8-10-24(11-9-18)20(25)19-12-22(13-19)14-27-21(26)23-22/h4-7,15,18-19H,3,8-14H2,1-2H3,(H,23,26). The van der Waals surface area contributed by atoms with Crippen molar-refractivity contribution >= 4 is 12.0 Å². The molecule has 146 valence electrons. The lowest BCUT2D eigenvalue weighted by molar-refractivity contribution is -0.142. The van der Waals surface area contributed by atoms with E-state index in [-0.39, 0.29) is 23.5 Å². The molecule has 3 aliphatic rings. The van der Waals surface area contributed by atoms with Crippen molar-refractivity contribution in [2.75, 3.05) is 19.7 Å². The highest BCUT2D eigenvalue weighted by molar-refractivity contribution is 5.81. The van der Waals surface area contributed by atoms with Gasteiger partial charge in [-0.15, -0.1) is 0 Å². The van der Waals surface area contributed by atoms with Crippen LogP contribution in [0.1, 0.15) is 68.9 Å². The molecule has 2 amide bonds. The van der Waals surface area contributed by atoms with E-state index in [1.54, 1.807) is 0 Å². The molecule has 4 rings (SSSR count). The van der Waals surface area contributed by atoms with Crippen molar-refractivity contribution < 1.29 is 14.3 Å². The molecule has 2 heterocycles. The molecule has 2 aliphatic heterocycles. The first-order valence-electron chi connectivity index (χ1n) is 10.3. The second-order valence-corrected chi connectivity index (χ2v) is 8.66. The lowest BCUT2D eigenvalue weighted by Gasteiger charge is -2.45. The maximum Gasteiger partial charge on any atom is 0.407 e. The van der Waals surface area contributed by atoms with Crippen LogP contribution in [-0.2, 0) is 9.53 Å². The summed E-state index contributed by atoms with van der Waals surface area (Å²) in [5, 5.41) is 2.87. The SMILES string of the molecule is CCC(C)c1ccc(C2CCN(C(=O)C3CC4(COC(=O)N4)C3)CC2)cc1. The van der Waals surface area contributed by atoms with E-state index in [2.05, 4.69) is 43.4 Å². The lowest BCUT2D eigenvalue weighted by atomic mass is 9.68. The summed E-state index contributed by atoms with van der Waals surface area (Å²) in [4.78, 5) is 26.0. The minimum atomic E-state index is -0.346. The third-order valence-electron chi connectivity index (χ3n) is 6.87. The molecule has 0 radical (unpaired) electrons. The monoisotopic (exact) mass is 370 g/mol. The fraction of sp³-hybridized carbons (Fsp3) is 0.636. The number of carbonyl (C=O) groups excluding carboxylic acids is 2. The van der Waals surface area contributed by atoms with E-state index in [9.17, 15) is 9.59 Å². The number of benzene rings is 1. The number of hydrogen-bond donors (Lipinski definition) is 1. The van der Waals surface area contributed by atoms with Gasteiger partial charge in [-0.3, -0.25) is 4.79 Å². The van der Waals surface area contributed by atoms with Crippen LogP contribution in [0.2, 0.25) is 0 Å². The lowest BCUT2D eigenvalue weighted by Crippen LogP contribution is -2.58. The molecule has 27 heavy (non-hydrogen) atoms. The fourth-order valence-electron chi connectivity index (χ4n) is 4.79. The summed E-state index contributed by atoms with van der Waals surface area (Å²) in [7, 11) is 0. The summed E-state index contributed by atoms with van der Waals surface area (Å²) in [6.45, 7) is 6.58. The van der Waals surface area contributed by atoms with Crippen molar-refractivity contribution in [3.8, 4) is 0 Å². The van der Waals surface area contributed by atoms with Crippen LogP contribution in [0.3, 0.4) is 0 Å². The van der Waals surface area contributed by atoms with Crippen molar-refractivity contribution in [3.05, 3.63) is 35.4 Å². The van der Waals surface area contributed by atoms with Gasteiger partial charge in [0.1, 0.15) is 6.61 Å². The number of cyclic esters (lactones) is 1. The van der Waals surface area contributed by atoms with Crippen LogP contribution in [0.25, 0.3) is 0 Å². The van der Waals surface area contributed by atoms with Crippen molar-refractivity contribution in [2.45, 2.75) is 63.3 Å². The third-order valence-corrected chi connectivity index (χ3v) is 6.87. The number of nitrogens with zero attached hydrogens (tertiary/aromatic N) is 1. The van der Waals surface area contributed by atoms with Gasteiger partial charge in [0, 0.05) is 19.0 Å². The number of amides is 2. The normalized spacial score (nSPS) is 29.2. The van der Waals surface area contributed by atoms with E-state index in [0.29, 0.717) is 31.3 Å². The fourth-order valence-corrected chi connectivity index (χ4v) is 4.79. The second kappa shape index (κ2) is 7.17. The van der Waals surface area contributed by atoms with Crippen LogP contribution in [0, 0.1) is 5.92 Å². The van der Waals surface area contributed by atoms with E-state index in [4.69, 9.17) is 4.74 Å². The number of likely N-dealkylation sites (tertiary alicyclic amines) is 1. The molecule has 5 heteroatoms. The molecule has 3 fully saturated rings. The first-order chi connectivity index (χ1) is 13.0.